The van der Waals surface area contributed by atoms with Crippen molar-refractivity contribution in [2.24, 2.45) is 0 Å². The molecule has 0 saturated heterocycles. The average Bonchev–Trinajstić information content (AvgIpc) is 3.17. The van der Waals surface area contributed by atoms with Crippen LogP contribution < -0.4 is 5.32 Å². The maximum atomic E-state index is 13.1. The van der Waals surface area contributed by atoms with Crippen LogP contribution in [0.3, 0.4) is 0 Å². The SMILES string of the molecule is O=C(Nc1ccc(O)cc1)c1cc(-c2c[nH]c3ccc(Br)cc23)nc2ccccc12. The van der Waals surface area contributed by atoms with Crippen LogP contribution in [0.4, 0.5) is 5.69 Å². The highest BCUT2D eigenvalue weighted by Gasteiger charge is 2.16. The zero-order chi connectivity index (χ0) is 20.7. The fourth-order valence-electron chi connectivity index (χ4n) is 3.55. The predicted octanol–water partition coefficient (Wildman–Crippen LogP) is 6.10. The summed E-state index contributed by atoms with van der Waals surface area (Å²) in [6.07, 6.45) is 1.91. The van der Waals surface area contributed by atoms with Crippen LogP contribution in [0.5, 0.6) is 5.75 Å². The van der Waals surface area contributed by atoms with Gasteiger partial charge < -0.3 is 15.4 Å². The Hall–Kier alpha value is -3.64. The van der Waals surface area contributed by atoms with Crippen LogP contribution in [-0.2, 0) is 0 Å². The number of carbonyl (C=O) groups is 1. The van der Waals surface area contributed by atoms with Gasteiger partial charge in [0, 0.05) is 38.2 Å². The number of anilines is 1. The number of aromatic nitrogens is 2. The fraction of sp³-hybridized carbons (Fsp3) is 0. The molecule has 0 bridgehead atoms. The molecule has 30 heavy (non-hydrogen) atoms. The number of rotatable bonds is 3. The fourth-order valence-corrected chi connectivity index (χ4v) is 3.91. The first-order chi connectivity index (χ1) is 14.6. The number of phenolic OH excluding ortho intramolecular Hbond substituents is 1. The second-order valence-corrected chi connectivity index (χ2v) is 7.88. The largest absolute Gasteiger partial charge is 0.508 e. The van der Waals surface area contributed by atoms with Gasteiger partial charge in [0.2, 0.25) is 0 Å². The lowest BCUT2D eigenvalue weighted by Crippen LogP contribution is -2.13. The van der Waals surface area contributed by atoms with Crippen molar-refractivity contribution < 1.29 is 9.90 Å². The zero-order valence-electron chi connectivity index (χ0n) is 15.7. The monoisotopic (exact) mass is 457 g/mol. The quantitative estimate of drug-likeness (QED) is 0.286. The van der Waals surface area contributed by atoms with Crippen LogP contribution in [-0.4, -0.2) is 21.0 Å². The summed E-state index contributed by atoms with van der Waals surface area (Å²) in [6, 6.07) is 21.8. The molecule has 0 spiro atoms. The lowest BCUT2D eigenvalue weighted by atomic mass is 10.0. The molecule has 0 saturated carbocycles. The summed E-state index contributed by atoms with van der Waals surface area (Å²) in [5.74, 6) is -0.0864. The Morgan fingerprint density at radius 3 is 2.60 bits per heavy atom. The van der Waals surface area contributed by atoms with E-state index in [1.54, 1.807) is 12.1 Å². The molecule has 5 nitrogen and oxygen atoms in total. The molecule has 6 heteroatoms. The summed E-state index contributed by atoms with van der Waals surface area (Å²) in [4.78, 5) is 21.2. The highest BCUT2D eigenvalue weighted by atomic mass is 79.9. The van der Waals surface area contributed by atoms with Gasteiger partial charge in [-0.25, -0.2) is 4.98 Å². The number of fused-ring (bicyclic) bond motifs is 2. The lowest BCUT2D eigenvalue weighted by Gasteiger charge is -2.10. The average molecular weight is 458 g/mol. The number of aromatic amines is 1. The van der Waals surface area contributed by atoms with Crippen molar-refractivity contribution in [1.29, 1.82) is 0 Å². The Kier molecular flexibility index (Phi) is 4.48. The summed E-state index contributed by atoms with van der Waals surface area (Å²) in [5, 5.41) is 14.2. The van der Waals surface area contributed by atoms with E-state index in [0.717, 1.165) is 31.8 Å². The van der Waals surface area contributed by atoms with E-state index in [0.29, 0.717) is 16.9 Å². The van der Waals surface area contributed by atoms with Crippen LogP contribution >= 0.6 is 15.9 Å². The topological polar surface area (TPSA) is 78.0 Å². The van der Waals surface area contributed by atoms with E-state index >= 15 is 0 Å². The van der Waals surface area contributed by atoms with Crippen molar-refractivity contribution in [3.05, 3.63) is 89.0 Å². The molecule has 5 rings (SSSR count). The number of carbonyl (C=O) groups excluding carboxylic acids is 1. The normalized spacial score (nSPS) is 11.1. The number of hydrogen-bond acceptors (Lipinski definition) is 3. The third-order valence-electron chi connectivity index (χ3n) is 5.01. The van der Waals surface area contributed by atoms with E-state index in [2.05, 4.69) is 26.2 Å². The first kappa shape index (κ1) is 18.4. The molecule has 3 aromatic carbocycles. The molecule has 0 fully saturated rings. The molecule has 0 aliphatic heterocycles. The minimum Gasteiger partial charge on any atom is -0.508 e. The Bertz CT molecular complexity index is 1410. The lowest BCUT2D eigenvalue weighted by molar-refractivity contribution is 0.102. The van der Waals surface area contributed by atoms with Gasteiger partial charge in [-0.2, -0.15) is 0 Å². The van der Waals surface area contributed by atoms with Crippen LogP contribution in [0, 0.1) is 0 Å². The standard InChI is InChI=1S/C24H16BrN3O2/c25-14-5-10-21-18(11-14)20(13-26-21)23-12-19(17-3-1-2-4-22(17)28-23)24(30)27-15-6-8-16(29)9-7-15/h1-13,26,29H,(H,27,30). The van der Waals surface area contributed by atoms with E-state index in [4.69, 9.17) is 4.98 Å². The highest BCUT2D eigenvalue weighted by molar-refractivity contribution is 9.10. The molecule has 0 aliphatic rings. The molecule has 1 amide bonds. The number of nitrogens with one attached hydrogen (secondary N) is 2. The van der Waals surface area contributed by atoms with Gasteiger partial charge >= 0.3 is 0 Å². The molecule has 2 heterocycles. The van der Waals surface area contributed by atoms with Gasteiger partial charge in [-0.15, -0.1) is 0 Å². The Morgan fingerprint density at radius 1 is 0.967 bits per heavy atom. The smallest absolute Gasteiger partial charge is 0.256 e. The first-order valence-electron chi connectivity index (χ1n) is 9.36. The molecule has 0 aliphatic carbocycles. The predicted molar refractivity (Wildman–Crippen MR) is 123 cm³/mol. The number of pyridine rings is 1. The summed E-state index contributed by atoms with van der Waals surface area (Å²) >= 11 is 3.53. The molecular weight excluding hydrogens is 442 g/mol. The summed E-state index contributed by atoms with van der Waals surface area (Å²) in [6.45, 7) is 0. The van der Waals surface area contributed by atoms with Crippen molar-refractivity contribution in [2.45, 2.75) is 0 Å². The van der Waals surface area contributed by atoms with Crippen molar-refractivity contribution in [2.75, 3.05) is 5.32 Å². The second-order valence-electron chi connectivity index (χ2n) is 6.97. The highest BCUT2D eigenvalue weighted by Crippen LogP contribution is 2.32. The number of para-hydroxylation sites is 1. The maximum absolute atomic E-state index is 13.1. The minimum absolute atomic E-state index is 0.148. The Morgan fingerprint density at radius 2 is 1.77 bits per heavy atom. The first-order valence-corrected chi connectivity index (χ1v) is 10.1. The van der Waals surface area contributed by atoms with E-state index in [1.807, 2.05) is 54.7 Å². The Balaban J connectivity index is 1.65. The summed E-state index contributed by atoms with van der Waals surface area (Å²) in [7, 11) is 0. The van der Waals surface area contributed by atoms with Crippen molar-refractivity contribution in [3.63, 3.8) is 0 Å². The molecule has 0 radical (unpaired) electrons. The van der Waals surface area contributed by atoms with Gasteiger partial charge in [-0.1, -0.05) is 34.1 Å². The minimum atomic E-state index is -0.235. The number of halogens is 1. The van der Waals surface area contributed by atoms with Gasteiger partial charge in [-0.05, 0) is 54.6 Å². The molecule has 3 N–H and O–H groups in total. The summed E-state index contributed by atoms with van der Waals surface area (Å²) < 4.78 is 0.974. The molecule has 0 unspecified atom stereocenters. The van der Waals surface area contributed by atoms with Crippen LogP contribution in [0.15, 0.2) is 83.5 Å². The van der Waals surface area contributed by atoms with Crippen molar-refractivity contribution in [1.82, 2.24) is 9.97 Å². The van der Waals surface area contributed by atoms with Gasteiger partial charge in [0.05, 0.1) is 16.8 Å². The third-order valence-corrected chi connectivity index (χ3v) is 5.50. The molecule has 0 atom stereocenters. The summed E-state index contributed by atoms with van der Waals surface area (Å²) in [5.41, 5.74) is 4.53. The van der Waals surface area contributed by atoms with Crippen molar-refractivity contribution in [3.8, 4) is 17.0 Å². The Labute approximate surface area is 180 Å². The third kappa shape index (κ3) is 3.31. The van der Waals surface area contributed by atoms with Crippen LogP contribution in [0.1, 0.15) is 10.4 Å². The van der Waals surface area contributed by atoms with E-state index in [-0.39, 0.29) is 11.7 Å². The number of nitrogens with zero attached hydrogens (tertiary/aromatic N) is 1. The number of benzene rings is 3. The maximum Gasteiger partial charge on any atom is 0.256 e. The van der Waals surface area contributed by atoms with Gasteiger partial charge in [-0.3, -0.25) is 4.79 Å². The number of amides is 1. The van der Waals surface area contributed by atoms with Gasteiger partial charge in [0.1, 0.15) is 5.75 Å². The van der Waals surface area contributed by atoms with Crippen molar-refractivity contribution >= 4 is 49.3 Å². The number of H-pyrrole nitrogens is 1. The van der Waals surface area contributed by atoms with Gasteiger partial charge in [0.25, 0.3) is 5.91 Å². The van der Waals surface area contributed by atoms with Crippen LogP contribution in [0.25, 0.3) is 33.1 Å². The molecule has 5 aromatic rings. The van der Waals surface area contributed by atoms with Gasteiger partial charge in [0.15, 0.2) is 0 Å². The van der Waals surface area contributed by atoms with E-state index in [9.17, 15) is 9.90 Å². The second kappa shape index (κ2) is 7.31. The number of aromatic hydroxyl groups is 1. The molecular formula is C24H16BrN3O2. The number of hydrogen-bond donors (Lipinski definition) is 3. The molecule has 2 aromatic heterocycles. The van der Waals surface area contributed by atoms with E-state index in [1.165, 1.54) is 12.1 Å². The molecule has 146 valence electrons. The number of phenols is 1. The van der Waals surface area contributed by atoms with E-state index < -0.39 is 0 Å². The zero-order valence-corrected chi connectivity index (χ0v) is 17.3. The van der Waals surface area contributed by atoms with Crippen LogP contribution in [0.2, 0.25) is 0 Å².